The molecule has 0 bridgehead atoms. The van der Waals surface area contributed by atoms with Gasteiger partial charge in [0.05, 0.1) is 13.2 Å². The molecule has 1 aromatic rings. The third-order valence-corrected chi connectivity index (χ3v) is 3.91. The summed E-state index contributed by atoms with van der Waals surface area (Å²) in [6.45, 7) is 7.35. The molecule has 0 aliphatic carbocycles. The highest BCUT2D eigenvalue weighted by molar-refractivity contribution is 5.78. The van der Waals surface area contributed by atoms with Gasteiger partial charge in [0.2, 0.25) is 5.91 Å². The summed E-state index contributed by atoms with van der Waals surface area (Å²) in [5.41, 5.74) is 0.991. The number of rotatable bonds is 7. The van der Waals surface area contributed by atoms with Gasteiger partial charge in [0.25, 0.3) is 0 Å². The minimum atomic E-state index is 0.0493. The Morgan fingerprint density at radius 2 is 2.09 bits per heavy atom. The number of aryl methyl sites for hydroxylation is 2. The Morgan fingerprint density at radius 3 is 2.74 bits per heavy atom. The molecule has 0 saturated carbocycles. The van der Waals surface area contributed by atoms with Crippen LogP contribution in [0.15, 0.2) is 6.07 Å². The molecule has 0 aromatic carbocycles. The van der Waals surface area contributed by atoms with Gasteiger partial charge in [-0.15, -0.1) is 0 Å². The number of aromatic nitrogens is 2. The van der Waals surface area contributed by atoms with Crippen LogP contribution in [0.2, 0.25) is 0 Å². The summed E-state index contributed by atoms with van der Waals surface area (Å²) >= 11 is 0. The summed E-state index contributed by atoms with van der Waals surface area (Å²) in [6.07, 6.45) is 1.87. The summed E-state index contributed by atoms with van der Waals surface area (Å²) in [5.74, 6) is 1.84. The molecule has 1 amide bonds. The van der Waals surface area contributed by atoms with Crippen molar-refractivity contribution in [1.29, 1.82) is 0 Å². The van der Waals surface area contributed by atoms with Gasteiger partial charge in [-0.05, 0) is 26.7 Å². The predicted octanol–water partition coefficient (Wildman–Crippen LogP) is 0.414. The maximum absolute atomic E-state index is 11.9. The van der Waals surface area contributed by atoms with Crippen molar-refractivity contribution in [2.45, 2.75) is 32.7 Å². The first-order valence-corrected chi connectivity index (χ1v) is 8.14. The van der Waals surface area contributed by atoms with E-state index < -0.39 is 0 Å². The number of carbonyl (C=O) groups excluding carboxylic acids is 1. The van der Waals surface area contributed by atoms with Crippen LogP contribution in [0.3, 0.4) is 0 Å². The Bertz CT molecular complexity index is 495. The predicted molar refractivity (Wildman–Crippen MR) is 89.6 cm³/mol. The van der Waals surface area contributed by atoms with Gasteiger partial charge < -0.3 is 20.3 Å². The molecule has 1 fully saturated rings. The molecule has 7 heteroatoms. The zero-order chi connectivity index (χ0) is 16.7. The van der Waals surface area contributed by atoms with Crippen molar-refractivity contribution >= 4 is 11.7 Å². The van der Waals surface area contributed by atoms with Gasteiger partial charge in [0, 0.05) is 44.5 Å². The van der Waals surface area contributed by atoms with Crippen molar-refractivity contribution < 1.29 is 9.53 Å². The molecule has 128 valence electrons. The third-order valence-electron chi connectivity index (χ3n) is 3.91. The monoisotopic (exact) mass is 321 g/mol. The van der Waals surface area contributed by atoms with Gasteiger partial charge in [0.15, 0.2) is 0 Å². The number of amides is 1. The summed E-state index contributed by atoms with van der Waals surface area (Å²) in [4.78, 5) is 23.0. The minimum absolute atomic E-state index is 0.0493. The van der Waals surface area contributed by atoms with E-state index in [4.69, 9.17) is 4.74 Å². The maximum atomic E-state index is 11.9. The zero-order valence-corrected chi connectivity index (χ0v) is 14.3. The van der Waals surface area contributed by atoms with E-state index in [0.29, 0.717) is 19.7 Å². The SMILES string of the molecule is COCCNCC(=O)NC1CCN(c2cc(C)nc(C)n2)CC1. The molecule has 0 atom stereocenters. The normalized spacial score (nSPS) is 15.7. The molecule has 1 aliphatic rings. The van der Waals surface area contributed by atoms with E-state index in [9.17, 15) is 4.79 Å². The molecule has 0 spiro atoms. The van der Waals surface area contributed by atoms with Crippen LogP contribution in [0.25, 0.3) is 0 Å². The number of hydrogen-bond acceptors (Lipinski definition) is 6. The smallest absolute Gasteiger partial charge is 0.234 e. The number of nitrogens with zero attached hydrogens (tertiary/aromatic N) is 3. The lowest BCUT2D eigenvalue weighted by atomic mass is 10.0. The second kappa shape index (κ2) is 8.79. The van der Waals surface area contributed by atoms with Crippen LogP contribution >= 0.6 is 0 Å². The summed E-state index contributed by atoms with van der Waals surface area (Å²) in [5, 5.41) is 6.15. The first-order chi connectivity index (χ1) is 11.1. The van der Waals surface area contributed by atoms with E-state index >= 15 is 0 Å². The maximum Gasteiger partial charge on any atom is 0.234 e. The molecule has 7 nitrogen and oxygen atoms in total. The van der Waals surface area contributed by atoms with E-state index in [1.165, 1.54) is 0 Å². The van der Waals surface area contributed by atoms with Crippen molar-refractivity contribution in [2.24, 2.45) is 0 Å². The van der Waals surface area contributed by atoms with E-state index in [1.807, 2.05) is 19.9 Å². The Hall–Kier alpha value is -1.73. The number of nitrogens with one attached hydrogen (secondary N) is 2. The Kier molecular flexibility index (Phi) is 6.73. The average molecular weight is 321 g/mol. The number of hydrogen-bond donors (Lipinski definition) is 2. The van der Waals surface area contributed by atoms with Crippen molar-refractivity contribution in [3.05, 3.63) is 17.6 Å². The van der Waals surface area contributed by atoms with Crippen LogP contribution in [0.1, 0.15) is 24.4 Å². The molecule has 2 rings (SSSR count). The third kappa shape index (κ3) is 5.76. The molecule has 1 saturated heterocycles. The fraction of sp³-hybridized carbons (Fsp3) is 0.688. The standard InChI is InChI=1S/C16H27N5O2/c1-12-10-15(19-13(2)18-12)21-7-4-14(5-8-21)20-16(22)11-17-6-9-23-3/h10,14,17H,4-9,11H2,1-3H3,(H,20,22). The Labute approximate surface area is 137 Å². The number of methoxy groups -OCH3 is 1. The highest BCUT2D eigenvalue weighted by Gasteiger charge is 2.21. The van der Waals surface area contributed by atoms with Crippen LogP contribution in [-0.2, 0) is 9.53 Å². The number of piperidine rings is 1. The van der Waals surface area contributed by atoms with E-state index in [2.05, 4.69) is 25.5 Å². The Balaban J connectivity index is 1.74. The van der Waals surface area contributed by atoms with Gasteiger partial charge in [-0.3, -0.25) is 4.79 Å². The fourth-order valence-electron chi connectivity index (χ4n) is 2.77. The van der Waals surface area contributed by atoms with E-state index in [0.717, 1.165) is 43.3 Å². The van der Waals surface area contributed by atoms with Crippen LogP contribution in [0.5, 0.6) is 0 Å². The van der Waals surface area contributed by atoms with Gasteiger partial charge in [0.1, 0.15) is 11.6 Å². The second-order valence-electron chi connectivity index (χ2n) is 5.91. The van der Waals surface area contributed by atoms with Crippen LogP contribution in [-0.4, -0.2) is 61.8 Å². The summed E-state index contributed by atoms with van der Waals surface area (Å²) < 4.78 is 4.93. The molecule has 0 radical (unpaired) electrons. The van der Waals surface area contributed by atoms with Gasteiger partial charge >= 0.3 is 0 Å². The van der Waals surface area contributed by atoms with E-state index in [-0.39, 0.29) is 11.9 Å². The summed E-state index contributed by atoms with van der Waals surface area (Å²) in [6, 6.07) is 2.26. The molecule has 1 aliphatic heterocycles. The number of ether oxygens (including phenoxy) is 1. The lowest BCUT2D eigenvalue weighted by Crippen LogP contribution is -2.47. The van der Waals surface area contributed by atoms with Crippen molar-refractivity contribution in [3.8, 4) is 0 Å². The lowest BCUT2D eigenvalue weighted by Gasteiger charge is -2.33. The highest BCUT2D eigenvalue weighted by Crippen LogP contribution is 2.18. The largest absolute Gasteiger partial charge is 0.383 e. The van der Waals surface area contributed by atoms with Gasteiger partial charge in [-0.25, -0.2) is 9.97 Å². The second-order valence-corrected chi connectivity index (χ2v) is 5.91. The van der Waals surface area contributed by atoms with Crippen molar-refractivity contribution in [1.82, 2.24) is 20.6 Å². The molecular weight excluding hydrogens is 294 g/mol. The van der Waals surface area contributed by atoms with Gasteiger partial charge in [-0.2, -0.15) is 0 Å². The average Bonchev–Trinajstić information content (AvgIpc) is 2.51. The molecule has 0 unspecified atom stereocenters. The lowest BCUT2D eigenvalue weighted by molar-refractivity contribution is -0.121. The first-order valence-electron chi connectivity index (χ1n) is 8.14. The molecular formula is C16H27N5O2. The zero-order valence-electron chi connectivity index (χ0n) is 14.3. The van der Waals surface area contributed by atoms with Gasteiger partial charge in [-0.1, -0.05) is 0 Å². The molecule has 2 heterocycles. The van der Waals surface area contributed by atoms with Crippen LogP contribution in [0, 0.1) is 13.8 Å². The van der Waals surface area contributed by atoms with Crippen molar-refractivity contribution in [2.75, 3.05) is 44.8 Å². The summed E-state index contributed by atoms with van der Waals surface area (Å²) in [7, 11) is 1.65. The highest BCUT2D eigenvalue weighted by atomic mass is 16.5. The quantitative estimate of drug-likeness (QED) is 0.709. The minimum Gasteiger partial charge on any atom is -0.383 e. The van der Waals surface area contributed by atoms with Crippen molar-refractivity contribution in [3.63, 3.8) is 0 Å². The fourth-order valence-corrected chi connectivity index (χ4v) is 2.77. The Morgan fingerprint density at radius 1 is 1.35 bits per heavy atom. The number of anilines is 1. The molecule has 1 aromatic heterocycles. The first kappa shape index (κ1) is 17.6. The van der Waals surface area contributed by atoms with Crippen LogP contribution in [0.4, 0.5) is 5.82 Å². The van der Waals surface area contributed by atoms with E-state index in [1.54, 1.807) is 7.11 Å². The molecule has 2 N–H and O–H groups in total. The number of carbonyl (C=O) groups is 1. The molecule has 23 heavy (non-hydrogen) atoms. The van der Waals surface area contributed by atoms with Crippen LogP contribution < -0.4 is 15.5 Å². The topological polar surface area (TPSA) is 79.4 Å².